The van der Waals surface area contributed by atoms with Gasteiger partial charge in [-0.15, -0.1) is 0 Å². The Kier molecular flexibility index (Phi) is 10.7. The summed E-state index contributed by atoms with van der Waals surface area (Å²) in [4.78, 5) is 11.6. The number of aliphatic hydroxyl groups is 1. The Balaban J connectivity index is 2.19. The molecule has 1 fully saturated rings. The molecule has 0 aromatic carbocycles. The van der Waals surface area contributed by atoms with Crippen molar-refractivity contribution in [3.63, 3.8) is 0 Å². The van der Waals surface area contributed by atoms with Crippen LogP contribution < -0.4 is 11.1 Å². The summed E-state index contributed by atoms with van der Waals surface area (Å²) in [7, 11) is 5.38. The van der Waals surface area contributed by atoms with Gasteiger partial charge in [-0.25, -0.2) is 0 Å². The van der Waals surface area contributed by atoms with Crippen molar-refractivity contribution in [3.05, 3.63) is 0 Å². The van der Waals surface area contributed by atoms with Crippen LogP contribution in [0.2, 0.25) is 0 Å². The molecule has 0 aliphatic carbocycles. The predicted octanol–water partition coefficient (Wildman–Crippen LogP) is 0.475. The van der Waals surface area contributed by atoms with Crippen LogP contribution in [0.4, 0.5) is 0 Å². The summed E-state index contributed by atoms with van der Waals surface area (Å²) < 4.78 is 11.6. The molecule has 24 heavy (non-hydrogen) atoms. The van der Waals surface area contributed by atoms with E-state index < -0.39 is 0 Å². The van der Waals surface area contributed by atoms with Crippen LogP contribution >= 0.6 is 21.6 Å². The summed E-state index contributed by atoms with van der Waals surface area (Å²) >= 11 is 0. The van der Waals surface area contributed by atoms with Gasteiger partial charge < -0.3 is 25.6 Å². The van der Waals surface area contributed by atoms with Crippen molar-refractivity contribution in [1.29, 1.82) is 0 Å². The Morgan fingerprint density at radius 1 is 1.54 bits per heavy atom. The van der Waals surface area contributed by atoms with Gasteiger partial charge in [0.05, 0.1) is 12.2 Å². The molecule has 140 valence electrons. The standard InChI is InChI=1S/C15H31BN2O4S2/c1-15(2,9-18-14(20)4-3-6-17)24-23-10-21-12-8-13(16)22-11(12)5-7-19/h11-13,19H,3-10,16-17H2,1-2H3,(H,18,20)/t11?,12-,13-/m1/s1. The van der Waals surface area contributed by atoms with Crippen LogP contribution in [-0.2, 0) is 14.3 Å². The molecule has 0 bridgehead atoms. The lowest BCUT2D eigenvalue weighted by Crippen LogP contribution is -2.36. The largest absolute Gasteiger partial charge is 0.396 e. The second-order valence-corrected chi connectivity index (χ2v) is 9.64. The van der Waals surface area contributed by atoms with E-state index in [9.17, 15) is 4.79 Å². The smallest absolute Gasteiger partial charge is 0.220 e. The zero-order valence-corrected chi connectivity index (χ0v) is 16.6. The average molecular weight is 378 g/mol. The van der Waals surface area contributed by atoms with Crippen molar-refractivity contribution >= 4 is 35.3 Å². The second kappa shape index (κ2) is 11.6. The number of carbonyl (C=O) groups excluding carboxylic acids is 1. The molecule has 1 aliphatic rings. The van der Waals surface area contributed by atoms with Crippen LogP contribution in [0.15, 0.2) is 0 Å². The van der Waals surface area contributed by atoms with Crippen LogP contribution in [0, 0.1) is 0 Å². The first-order valence-electron chi connectivity index (χ1n) is 8.53. The predicted molar refractivity (Wildman–Crippen MR) is 104 cm³/mol. The van der Waals surface area contributed by atoms with Crippen molar-refractivity contribution in [1.82, 2.24) is 5.32 Å². The van der Waals surface area contributed by atoms with E-state index in [1.54, 1.807) is 21.6 Å². The van der Waals surface area contributed by atoms with Crippen molar-refractivity contribution in [2.45, 2.75) is 62.5 Å². The van der Waals surface area contributed by atoms with Gasteiger partial charge in [0.2, 0.25) is 5.91 Å². The number of carbonyl (C=O) groups is 1. The number of nitrogens with one attached hydrogen (secondary N) is 1. The molecule has 0 aromatic rings. The zero-order chi connectivity index (χ0) is 18.0. The lowest BCUT2D eigenvalue weighted by atomic mass is 9.96. The first kappa shape index (κ1) is 22.1. The van der Waals surface area contributed by atoms with Gasteiger partial charge in [0.1, 0.15) is 13.8 Å². The highest BCUT2D eigenvalue weighted by Crippen LogP contribution is 2.36. The number of amides is 1. The summed E-state index contributed by atoms with van der Waals surface area (Å²) in [6.45, 7) is 5.48. The van der Waals surface area contributed by atoms with E-state index in [-0.39, 0.29) is 35.5 Å². The molecule has 4 N–H and O–H groups in total. The molecule has 0 radical (unpaired) electrons. The second-order valence-electron chi connectivity index (χ2n) is 6.69. The lowest BCUT2D eigenvalue weighted by molar-refractivity contribution is -0.121. The molecular weight excluding hydrogens is 347 g/mol. The molecule has 1 amide bonds. The van der Waals surface area contributed by atoms with Gasteiger partial charge in [-0.2, -0.15) is 0 Å². The molecule has 9 heteroatoms. The van der Waals surface area contributed by atoms with E-state index in [4.69, 9.17) is 20.3 Å². The van der Waals surface area contributed by atoms with E-state index in [2.05, 4.69) is 19.2 Å². The third-order valence-electron chi connectivity index (χ3n) is 3.73. The highest BCUT2D eigenvalue weighted by molar-refractivity contribution is 8.77. The Hall–Kier alpha value is 0.0749. The van der Waals surface area contributed by atoms with Crippen molar-refractivity contribution < 1.29 is 19.4 Å². The SMILES string of the molecule is B[C@H]1C[C@@H](OCSSC(C)(C)CNC(=O)CCCN)C(CCO)O1. The van der Waals surface area contributed by atoms with Gasteiger partial charge in [0.25, 0.3) is 0 Å². The van der Waals surface area contributed by atoms with E-state index in [1.807, 2.05) is 7.85 Å². The fourth-order valence-corrected chi connectivity index (χ4v) is 4.64. The van der Waals surface area contributed by atoms with Crippen molar-refractivity contribution in [2.75, 3.05) is 25.6 Å². The summed E-state index contributed by atoms with van der Waals surface area (Å²) in [5.41, 5.74) is 5.40. The molecule has 1 heterocycles. The molecule has 6 nitrogen and oxygen atoms in total. The van der Waals surface area contributed by atoms with Gasteiger partial charge in [-0.05, 0) is 39.7 Å². The topological polar surface area (TPSA) is 93.8 Å². The Morgan fingerprint density at radius 2 is 2.29 bits per heavy atom. The lowest BCUT2D eigenvalue weighted by Gasteiger charge is -2.24. The molecule has 3 atom stereocenters. The molecule has 0 spiro atoms. The molecule has 0 saturated carbocycles. The molecule has 1 saturated heterocycles. The van der Waals surface area contributed by atoms with E-state index in [0.717, 1.165) is 12.8 Å². The fourth-order valence-electron chi connectivity index (χ4n) is 2.47. The summed E-state index contributed by atoms with van der Waals surface area (Å²) in [5, 5.41) is 12.0. The minimum Gasteiger partial charge on any atom is -0.396 e. The summed E-state index contributed by atoms with van der Waals surface area (Å²) in [6.07, 6.45) is 2.74. The van der Waals surface area contributed by atoms with Gasteiger partial charge >= 0.3 is 0 Å². The minimum atomic E-state index is -0.0730. The molecule has 1 aliphatic heterocycles. The molecular formula is C15H31BN2O4S2. The van der Waals surface area contributed by atoms with Crippen molar-refractivity contribution in [3.8, 4) is 0 Å². The number of hydrogen-bond donors (Lipinski definition) is 3. The number of hydrogen-bond acceptors (Lipinski definition) is 7. The van der Waals surface area contributed by atoms with Crippen LogP contribution in [-0.4, -0.2) is 67.5 Å². The van der Waals surface area contributed by atoms with Crippen LogP contribution in [0.25, 0.3) is 0 Å². The highest BCUT2D eigenvalue weighted by atomic mass is 33.1. The monoisotopic (exact) mass is 378 g/mol. The normalized spacial score (nSPS) is 24.2. The number of rotatable bonds is 12. The number of aliphatic hydroxyl groups excluding tert-OH is 1. The van der Waals surface area contributed by atoms with Crippen LogP contribution in [0.3, 0.4) is 0 Å². The first-order valence-corrected chi connectivity index (χ1v) is 10.8. The van der Waals surface area contributed by atoms with E-state index >= 15 is 0 Å². The van der Waals surface area contributed by atoms with Crippen LogP contribution in [0.1, 0.15) is 39.5 Å². The zero-order valence-electron chi connectivity index (χ0n) is 15.0. The maximum atomic E-state index is 11.6. The molecule has 0 aromatic heterocycles. The van der Waals surface area contributed by atoms with E-state index in [0.29, 0.717) is 31.9 Å². The molecule has 1 unspecified atom stereocenters. The van der Waals surface area contributed by atoms with Crippen LogP contribution in [0.5, 0.6) is 0 Å². The van der Waals surface area contributed by atoms with Gasteiger partial charge in [0, 0.05) is 30.3 Å². The third kappa shape index (κ3) is 8.96. The van der Waals surface area contributed by atoms with Gasteiger partial charge in [-0.1, -0.05) is 21.6 Å². The Labute approximate surface area is 154 Å². The number of nitrogens with two attached hydrogens (primary N) is 1. The summed E-state index contributed by atoms with van der Waals surface area (Å²) in [6, 6.07) is 0.185. The quantitative estimate of drug-likeness (QED) is 0.197. The number of ether oxygens (including phenoxy) is 2. The van der Waals surface area contributed by atoms with E-state index in [1.165, 1.54) is 0 Å². The van der Waals surface area contributed by atoms with Crippen molar-refractivity contribution in [2.24, 2.45) is 5.73 Å². The first-order chi connectivity index (χ1) is 11.4. The highest BCUT2D eigenvalue weighted by Gasteiger charge is 2.33. The Bertz CT molecular complexity index is 377. The maximum Gasteiger partial charge on any atom is 0.220 e. The summed E-state index contributed by atoms with van der Waals surface area (Å²) in [5.74, 6) is 0.622. The molecule has 1 rings (SSSR count). The maximum absolute atomic E-state index is 11.6. The fraction of sp³-hybridized carbons (Fsp3) is 0.933. The van der Waals surface area contributed by atoms with Gasteiger partial charge in [-0.3, -0.25) is 4.79 Å². The Morgan fingerprint density at radius 3 is 2.96 bits per heavy atom. The third-order valence-corrected chi connectivity index (χ3v) is 6.68. The minimum absolute atomic E-state index is 0.00885. The average Bonchev–Trinajstić information content (AvgIpc) is 2.88. The van der Waals surface area contributed by atoms with Gasteiger partial charge in [0.15, 0.2) is 0 Å².